The number of hydrogen-bond donors (Lipinski definition) is 2. The van der Waals surface area contributed by atoms with E-state index in [0.29, 0.717) is 27.4 Å². The number of amides is 6. The van der Waals surface area contributed by atoms with Crippen molar-refractivity contribution in [2.75, 3.05) is 5.45 Å². The summed E-state index contributed by atoms with van der Waals surface area (Å²) in [7, 11) is 0. The summed E-state index contributed by atoms with van der Waals surface area (Å²) in [5.41, 5.74) is 6.90. The van der Waals surface area contributed by atoms with Crippen molar-refractivity contribution in [1.82, 2.24) is 9.80 Å². The highest BCUT2D eigenvalue weighted by atomic mass is 79.9. The Bertz CT molecular complexity index is 1430. The third-order valence-electron chi connectivity index (χ3n) is 8.38. The third-order valence-corrected chi connectivity index (χ3v) is 10.3. The van der Waals surface area contributed by atoms with Crippen LogP contribution in [0.2, 0.25) is 0 Å². The lowest BCUT2D eigenvalue weighted by molar-refractivity contribution is -0.139. The lowest BCUT2D eigenvalue weighted by atomic mass is 9.56. The van der Waals surface area contributed by atoms with Crippen molar-refractivity contribution >= 4 is 68.8 Å². The third kappa shape index (κ3) is 3.03. The Morgan fingerprint density at radius 3 is 2.58 bits per heavy atom. The van der Waals surface area contributed by atoms with Crippen molar-refractivity contribution in [2.45, 2.75) is 29.0 Å². The van der Waals surface area contributed by atoms with Crippen molar-refractivity contribution in [3.63, 3.8) is 0 Å². The van der Waals surface area contributed by atoms with Crippen LogP contribution in [0.15, 0.2) is 41.7 Å². The number of benzene rings is 1. The Balaban J connectivity index is 1.53. The molecule has 5 aliphatic rings. The molecule has 2 aliphatic carbocycles. The number of halogens is 3. The van der Waals surface area contributed by atoms with E-state index in [2.05, 4.69) is 15.9 Å². The van der Waals surface area contributed by atoms with Crippen molar-refractivity contribution in [2.24, 2.45) is 29.4 Å². The molecule has 38 heavy (non-hydrogen) atoms. The van der Waals surface area contributed by atoms with Crippen LogP contribution in [-0.4, -0.2) is 59.8 Å². The molecule has 0 bridgehead atoms. The van der Waals surface area contributed by atoms with Crippen LogP contribution < -0.4 is 10.5 Å². The van der Waals surface area contributed by atoms with Gasteiger partial charge in [-0.3, -0.25) is 24.1 Å². The van der Waals surface area contributed by atoms with Gasteiger partial charge >= 0.3 is 6.03 Å². The fourth-order valence-corrected chi connectivity index (χ4v) is 8.22. The van der Waals surface area contributed by atoms with E-state index in [-0.39, 0.29) is 30.5 Å². The Hall–Kier alpha value is -2.89. The van der Waals surface area contributed by atoms with Gasteiger partial charge in [-0.25, -0.2) is 4.79 Å². The summed E-state index contributed by atoms with van der Waals surface area (Å²) in [6.45, 7) is 0. The number of likely N-dealkylation sites (tertiary alicyclic amines) is 2. The topological polar surface area (TPSA) is 147 Å². The SMILES string of the molecule is NC(=O)N1C(=O)[C@H]2[C@H](CC=C3[C@H](C4=COc5ccc(O)cc5C4)[C@]4(Cl)C(=O)N(CBr)C(=O)[C@]4(Cl)C[C@H]32)C1=O. The summed E-state index contributed by atoms with van der Waals surface area (Å²) < 4.78 is 5.83. The molecule has 1 aromatic carbocycles. The Morgan fingerprint density at radius 2 is 1.89 bits per heavy atom. The van der Waals surface area contributed by atoms with E-state index in [1.165, 1.54) is 18.4 Å². The molecule has 3 heterocycles. The number of carbonyl (C=O) groups excluding carboxylic acids is 5. The van der Waals surface area contributed by atoms with E-state index < -0.39 is 63.1 Å². The van der Waals surface area contributed by atoms with Crippen LogP contribution in [0.1, 0.15) is 18.4 Å². The van der Waals surface area contributed by atoms with Crippen LogP contribution in [0.3, 0.4) is 0 Å². The minimum absolute atomic E-state index is 0.0151. The van der Waals surface area contributed by atoms with Gasteiger partial charge in [0.05, 0.1) is 23.6 Å². The summed E-state index contributed by atoms with van der Waals surface area (Å²) in [4.78, 5) is 63.0. The number of rotatable bonds is 2. The molecule has 1 saturated carbocycles. The van der Waals surface area contributed by atoms with Crippen molar-refractivity contribution < 1.29 is 33.8 Å². The van der Waals surface area contributed by atoms with Gasteiger partial charge in [-0.1, -0.05) is 27.6 Å². The van der Waals surface area contributed by atoms with Crippen LogP contribution >= 0.6 is 39.1 Å². The van der Waals surface area contributed by atoms with Crippen LogP contribution in [0.4, 0.5) is 4.79 Å². The van der Waals surface area contributed by atoms with E-state index >= 15 is 0 Å². The number of hydrogen-bond acceptors (Lipinski definition) is 7. The highest BCUT2D eigenvalue weighted by molar-refractivity contribution is 9.09. The van der Waals surface area contributed by atoms with Crippen LogP contribution in [0.5, 0.6) is 11.5 Å². The molecule has 0 unspecified atom stereocenters. The molecule has 6 rings (SSSR count). The predicted octanol–water partition coefficient (Wildman–Crippen LogP) is 2.53. The molecule has 0 aromatic heterocycles. The smallest absolute Gasteiger partial charge is 0.328 e. The van der Waals surface area contributed by atoms with Gasteiger partial charge in [-0.15, -0.1) is 23.2 Å². The van der Waals surface area contributed by atoms with Gasteiger partial charge in [0.25, 0.3) is 11.8 Å². The molecule has 0 radical (unpaired) electrons. The Morgan fingerprint density at radius 1 is 1.16 bits per heavy atom. The zero-order valence-corrected chi connectivity index (χ0v) is 22.6. The summed E-state index contributed by atoms with van der Waals surface area (Å²) in [5.74, 6) is -5.99. The van der Waals surface area contributed by atoms with E-state index in [4.69, 9.17) is 33.7 Å². The fourth-order valence-electron chi connectivity index (χ4n) is 6.78. The van der Waals surface area contributed by atoms with Crippen molar-refractivity contribution in [1.29, 1.82) is 0 Å². The molecular formula is C25H20BrCl2N3O7. The summed E-state index contributed by atoms with van der Waals surface area (Å²) in [5, 5.41) is 10.0. The number of urea groups is 1. The average Bonchev–Trinajstić information content (AvgIpc) is 3.21. The first-order valence-corrected chi connectivity index (χ1v) is 13.7. The van der Waals surface area contributed by atoms with E-state index in [9.17, 15) is 29.1 Å². The fraction of sp³-hybridized carbons (Fsp3) is 0.400. The number of phenolic OH excluding ortho intramolecular Hbond substituents is 1. The first-order chi connectivity index (χ1) is 18.0. The van der Waals surface area contributed by atoms with Crippen molar-refractivity contribution in [3.05, 3.63) is 47.2 Å². The maximum absolute atomic E-state index is 13.8. The van der Waals surface area contributed by atoms with Gasteiger partial charge < -0.3 is 15.6 Å². The number of allylic oxidation sites excluding steroid dienone is 3. The Labute approximate surface area is 234 Å². The lowest BCUT2D eigenvalue weighted by Gasteiger charge is -2.51. The molecule has 0 spiro atoms. The minimum atomic E-state index is -1.97. The maximum Gasteiger partial charge on any atom is 0.328 e. The van der Waals surface area contributed by atoms with Crippen LogP contribution in [0.25, 0.3) is 0 Å². The van der Waals surface area contributed by atoms with Gasteiger partial charge in [0.1, 0.15) is 11.5 Å². The maximum atomic E-state index is 13.8. The molecule has 13 heteroatoms. The van der Waals surface area contributed by atoms with E-state index in [1.807, 2.05) is 0 Å². The number of aromatic hydroxyl groups is 1. The Kier molecular flexibility index (Phi) is 5.55. The quantitative estimate of drug-likeness (QED) is 0.222. The number of primary amides is 1. The van der Waals surface area contributed by atoms with Gasteiger partial charge in [-0.05, 0) is 42.5 Å². The zero-order valence-electron chi connectivity index (χ0n) is 19.5. The number of phenols is 1. The first kappa shape index (κ1) is 25.4. The second-order valence-electron chi connectivity index (χ2n) is 10.1. The summed E-state index contributed by atoms with van der Waals surface area (Å²) in [6, 6.07) is 3.43. The number of ether oxygens (including phenoxy) is 1. The summed E-state index contributed by atoms with van der Waals surface area (Å²) in [6.07, 6.45) is 3.32. The number of imide groups is 4. The van der Waals surface area contributed by atoms with Gasteiger partial charge in [-0.2, -0.15) is 4.90 Å². The molecule has 3 fully saturated rings. The number of nitrogens with zero attached hydrogens (tertiary/aromatic N) is 2. The lowest BCUT2D eigenvalue weighted by Crippen LogP contribution is -2.61. The largest absolute Gasteiger partial charge is 0.508 e. The van der Waals surface area contributed by atoms with Crippen LogP contribution in [-0.2, 0) is 25.6 Å². The molecule has 198 valence electrons. The first-order valence-electron chi connectivity index (χ1n) is 11.8. The van der Waals surface area contributed by atoms with Gasteiger partial charge in [0.2, 0.25) is 11.8 Å². The number of fused-ring (bicyclic) bond motifs is 5. The molecule has 6 atom stereocenters. The van der Waals surface area contributed by atoms with Crippen molar-refractivity contribution in [3.8, 4) is 11.5 Å². The van der Waals surface area contributed by atoms with Gasteiger partial charge in [0, 0.05) is 17.9 Å². The van der Waals surface area contributed by atoms with E-state index in [0.717, 1.165) is 4.90 Å². The minimum Gasteiger partial charge on any atom is -0.508 e. The standard InChI is InChI=1S/C25H20BrCl2N3O7/c26-9-30-21(35)24(27)7-15-13(2-3-14-17(15)20(34)31(19(14)33)23(29)37)18(25(24,28)22(30)36)11-5-10-6-12(32)1-4-16(10)38-8-11/h1-2,4,6,8,14-15,17-18,32H,3,5,7,9H2,(H2,29,37)/t14-,15+,17-,18-,24+,25-/m0/s1. The van der Waals surface area contributed by atoms with E-state index in [1.54, 1.807) is 12.1 Å². The molecule has 2 saturated heterocycles. The summed E-state index contributed by atoms with van der Waals surface area (Å²) >= 11 is 17.4. The number of carbonyl (C=O) groups is 5. The van der Waals surface area contributed by atoms with Gasteiger partial charge in [0.15, 0.2) is 9.75 Å². The normalized spacial score (nSPS) is 35.7. The zero-order chi connectivity index (χ0) is 27.3. The predicted molar refractivity (Wildman–Crippen MR) is 136 cm³/mol. The molecule has 6 amide bonds. The highest BCUT2D eigenvalue weighted by Crippen LogP contribution is 2.64. The highest BCUT2D eigenvalue weighted by Gasteiger charge is 2.76. The van der Waals surface area contributed by atoms with Crippen LogP contribution in [0, 0.1) is 23.7 Å². The number of alkyl halides is 3. The molecule has 1 aromatic rings. The number of nitrogens with two attached hydrogens (primary N) is 1. The second-order valence-corrected chi connectivity index (χ2v) is 11.9. The second kappa shape index (κ2) is 8.30. The average molecular weight is 625 g/mol. The molecular weight excluding hydrogens is 605 g/mol. The monoisotopic (exact) mass is 623 g/mol. The molecule has 10 nitrogen and oxygen atoms in total. The molecule has 3 N–H and O–H groups in total. The molecule has 3 aliphatic heterocycles.